The molecule has 0 aromatic carbocycles. The molecule has 1 aliphatic rings. The van der Waals surface area contributed by atoms with E-state index in [1.807, 2.05) is 0 Å². The molecule has 1 aliphatic heterocycles. The highest BCUT2D eigenvalue weighted by atomic mass is 16.5. The maximum absolute atomic E-state index is 5.70. The lowest BCUT2D eigenvalue weighted by molar-refractivity contribution is 0.0904. The minimum absolute atomic E-state index is 0.370. The first-order chi connectivity index (χ1) is 7.74. The van der Waals surface area contributed by atoms with Gasteiger partial charge in [-0.3, -0.25) is 4.90 Å². The Hall–Kier alpha value is -0.870. The predicted octanol–water partition coefficient (Wildman–Crippen LogP) is 2.07. The average Bonchev–Trinajstić information content (AvgIpc) is 2.76. The lowest BCUT2D eigenvalue weighted by Crippen LogP contribution is -2.38. The summed E-state index contributed by atoms with van der Waals surface area (Å²) < 4.78 is 5.40. The molecule has 2 rings (SSSR count). The van der Waals surface area contributed by atoms with Crippen molar-refractivity contribution >= 4 is 0 Å². The molecular formula is C12H21N3O. The van der Waals surface area contributed by atoms with Crippen LogP contribution in [0.4, 0.5) is 0 Å². The number of hydrogen-bond donors (Lipinski definition) is 1. The van der Waals surface area contributed by atoms with E-state index in [2.05, 4.69) is 23.9 Å². The number of rotatable bonds is 3. The number of aromatic nitrogens is 1. The Morgan fingerprint density at radius 1 is 1.56 bits per heavy atom. The third kappa shape index (κ3) is 2.13. The van der Waals surface area contributed by atoms with E-state index in [9.17, 15) is 0 Å². The first-order valence-corrected chi connectivity index (χ1v) is 6.13. The third-order valence-corrected chi connectivity index (χ3v) is 3.41. The summed E-state index contributed by atoms with van der Waals surface area (Å²) in [7, 11) is 0. The molecule has 1 atom stereocenters. The van der Waals surface area contributed by atoms with Gasteiger partial charge in [-0.2, -0.15) is 0 Å². The molecule has 4 heteroatoms. The fraction of sp³-hybridized carbons (Fsp3) is 0.750. The van der Waals surface area contributed by atoms with E-state index in [0.29, 0.717) is 18.6 Å². The molecule has 4 nitrogen and oxygen atoms in total. The molecule has 2 heterocycles. The fourth-order valence-corrected chi connectivity index (χ4v) is 2.55. The summed E-state index contributed by atoms with van der Waals surface area (Å²) in [5, 5.41) is 3.88. The van der Waals surface area contributed by atoms with Crippen molar-refractivity contribution in [2.45, 2.75) is 51.7 Å². The second kappa shape index (κ2) is 4.97. The molecule has 0 bridgehead atoms. The van der Waals surface area contributed by atoms with Crippen molar-refractivity contribution in [2.24, 2.45) is 5.73 Å². The highest BCUT2D eigenvalue weighted by Gasteiger charge is 2.30. The second-order valence-corrected chi connectivity index (χ2v) is 4.76. The fourth-order valence-electron chi connectivity index (χ4n) is 2.55. The van der Waals surface area contributed by atoms with Crippen molar-refractivity contribution in [1.29, 1.82) is 0 Å². The Bertz CT molecular complexity index is 335. The molecule has 0 amide bonds. The van der Waals surface area contributed by atoms with E-state index in [0.717, 1.165) is 24.3 Å². The van der Waals surface area contributed by atoms with Crippen LogP contribution in [0.5, 0.6) is 0 Å². The van der Waals surface area contributed by atoms with Crippen LogP contribution in [-0.4, -0.2) is 22.6 Å². The number of piperidine rings is 1. The largest absolute Gasteiger partial charge is 0.359 e. The molecule has 1 aromatic heterocycles. The lowest BCUT2D eigenvalue weighted by atomic mass is 9.96. The Kier molecular flexibility index (Phi) is 3.61. The van der Waals surface area contributed by atoms with E-state index in [1.165, 1.54) is 12.8 Å². The second-order valence-electron chi connectivity index (χ2n) is 4.76. The van der Waals surface area contributed by atoms with E-state index in [-0.39, 0.29) is 0 Å². The normalized spacial score (nSPS) is 22.9. The lowest BCUT2D eigenvalue weighted by Gasteiger charge is -2.37. The summed E-state index contributed by atoms with van der Waals surface area (Å²) >= 11 is 0. The van der Waals surface area contributed by atoms with Gasteiger partial charge in [0.15, 0.2) is 5.76 Å². The van der Waals surface area contributed by atoms with Crippen LogP contribution >= 0.6 is 0 Å². The van der Waals surface area contributed by atoms with Gasteiger partial charge in [-0.05, 0) is 33.2 Å². The van der Waals surface area contributed by atoms with Gasteiger partial charge in [0.1, 0.15) is 0 Å². The van der Waals surface area contributed by atoms with Crippen molar-refractivity contribution in [3.8, 4) is 0 Å². The van der Waals surface area contributed by atoms with Gasteiger partial charge in [-0.1, -0.05) is 11.6 Å². The molecule has 16 heavy (non-hydrogen) atoms. The molecule has 2 N–H and O–H groups in total. The molecule has 0 spiro atoms. The topological polar surface area (TPSA) is 55.3 Å². The Morgan fingerprint density at radius 2 is 2.38 bits per heavy atom. The van der Waals surface area contributed by atoms with Gasteiger partial charge in [0.2, 0.25) is 0 Å². The minimum atomic E-state index is 0.370. The quantitative estimate of drug-likeness (QED) is 0.852. The number of likely N-dealkylation sites (tertiary alicyclic amines) is 1. The molecule has 1 unspecified atom stereocenters. The predicted molar refractivity (Wildman–Crippen MR) is 62.8 cm³/mol. The zero-order valence-electron chi connectivity index (χ0n) is 10.1. The van der Waals surface area contributed by atoms with E-state index in [4.69, 9.17) is 10.3 Å². The van der Waals surface area contributed by atoms with Crippen LogP contribution in [-0.2, 0) is 6.54 Å². The first-order valence-electron chi connectivity index (χ1n) is 6.13. The van der Waals surface area contributed by atoms with Gasteiger partial charge >= 0.3 is 0 Å². The summed E-state index contributed by atoms with van der Waals surface area (Å²) in [6, 6.07) is 0.913. The number of nitrogens with two attached hydrogens (primary N) is 1. The van der Waals surface area contributed by atoms with E-state index < -0.39 is 0 Å². The van der Waals surface area contributed by atoms with Crippen molar-refractivity contribution in [3.05, 3.63) is 17.5 Å². The third-order valence-electron chi connectivity index (χ3n) is 3.41. The van der Waals surface area contributed by atoms with Crippen molar-refractivity contribution in [3.63, 3.8) is 0 Å². The maximum Gasteiger partial charge on any atom is 0.158 e. The molecule has 1 aromatic rings. The van der Waals surface area contributed by atoms with E-state index >= 15 is 0 Å². The van der Waals surface area contributed by atoms with Crippen LogP contribution in [0.2, 0.25) is 0 Å². The first kappa shape index (κ1) is 11.6. The Balaban J connectivity index is 2.23. The maximum atomic E-state index is 5.70. The molecule has 90 valence electrons. The zero-order valence-corrected chi connectivity index (χ0v) is 10.1. The molecule has 1 saturated heterocycles. The van der Waals surface area contributed by atoms with Gasteiger partial charge in [0.25, 0.3) is 0 Å². The van der Waals surface area contributed by atoms with Gasteiger partial charge in [-0.25, -0.2) is 0 Å². The molecule has 0 saturated carbocycles. The summed E-state index contributed by atoms with van der Waals surface area (Å²) in [4.78, 5) is 2.49. The SMILES string of the molecule is CC(C)N1CCCCC1c1oncc1CN. The van der Waals surface area contributed by atoms with Crippen LogP contribution < -0.4 is 5.73 Å². The monoisotopic (exact) mass is 223 g/mol. The standard InChI is InChI=1S/C12H21N3O/c1-9(2)15-6-4-3-5-11(15)12-10(7-13)8-14-16-12/h8-9,11H,3-7,13H2,1-2H3. The highest BCUT2D eigenvalue weighted by Crippen LogP contribution is 2.33. The van der Waals surface area contributed by atoms with Crippen LogP contribution in [0, 0.1) is 0 Å². The summed E-state index contributed by atoms with van der Waals surface area (Å²) in [6.07, 6.45) is 5.45. The summed E-state index contributed by atoms with van der Waals surface area (Å²) in [5.41, 5.74) is 6.76. The van der Waals surface area contributed by atoms with E-state index in [1.54, 1.807) is 6.20 Å². The number of nitrogens with zero attached hydrogens (tertiary/aromatic N) is 2. The Labute approximate surface area is 96.8 Å². The zero-order chi connectivity index (χ0) is 11.5. The summed E-state index contributed by atoms with van der Waals surface area (Å²) in [6.45, 7) is 6.13. The van der Waals surface area contributed by atoms with Gasteiger partial charge < -0.3 is 10.3 Å². The average molecular weight is 223 g/mol. The molecule has 0 aliphatic carbocycles. The smallest absolute Gasteiger partial charge is 0.158 e. The van der Waals surface area contributed by atoms with Crippen molar-refractivity contribution in [2.75, 3.05) is 6.54 Å². The summed E-state index contributed by atoms with van der Waals surface area (Å²) in [5.74, 6) is 0.982. The van der Waals surface area contributed by atoms with Crippen LogP contribution in [0.1, 0.15) is 50.5 Å². The molecule has 0 radical (unpaired) electrons. The Morgan fingerprint density at radius 3 is 3.06 bits per heavy atom. The molecular weight excluding hydrogens is 202 g/mol. The van der Waals surface area contributed by atoms with Gasteiger partial charge in [0.05, 0.1) is 12.2 Å². The highest BCUT2D eigenvalue weighted by molar-refractivity contribution is 5.17. The number of hydrogen-bond acceptors (Lipinski definition) is 4. The van der Waals surface area contributed by atoms with Gasteiger partial charge in [-0.15, -0.1) is 0 Å². The van der Waals surface area contributed by atoms with Crippen molar-refractivity contribution < 1.29 is 4.52 Å². The van der Waals surface area contributed by atoms with Crippen LogP contribution in [0.15, 0.2) is 10.7 Å². The van der Waals surface area contributed by atoms with Crippen LogP contribution in [0.25, 0.3) is 0 Å². The minimum Gasteiger partial charge on any atom is -0.359 e. The molecule has 1 fully saturated rings. The van der Waals surface area contributed by atoms with Crippen molar-refractivity contribution in [1.82, 2.24) is 10.1 Å². The van der Waals surface area contributed by atoms with Gasteiger partial charge in [0, 0.05) is 18.2 Å². The van der Waals surface area contributed by atoms with Crippen LogP contribution in [0.3, 0.4) is 0 Å².